The highest BCUT2D eigenvalue weighted by Gasteiger charge is 2.43. The molecule has 0 aliphatic heterocycles. The molecule has 1 unspecified atom stereocenters. The van der Waals surface area contributed by atoms with Crippen molar-refractivity contribution >= 4 is 11.6 Å². The number of hydrogen-bond acceptors (Lipinski definition) is 2. The van der Waals surface area contributed by atoms with Crippen molar-refractivity contribution in [1.29, 1.82) is 0 Å². The number of ketones is 2. The standard InChI is InChI=1S/C7H7F3O2/c8-7(9,10)4-1-2-5(11)6(12)3-4/h4H,1-3H2. The maximum atomic E-state index is 12.0. The van der Waals surface area contributed by atoms with Crippen LogP contribution in [0.4, 0.5) is 13.2 Å². The summed E-state index contributed by atoms with van der Waals surface area (Å²) in [7, 11) is 0. The Balaban J connectivity index is 2.63. The van der Waals surface area contributed by atoms with Crippen LogP contribution in [0.15, 0.2) is 0 Å². The van der Waals surface area contributed by atoms with Crippen LogP contribution in [0.1, 0.15) is 19.3 Å². The lowest BCUT2D eigenvalue weighted by molar-refractivity contribution is -0.184. The van der Waals surface area contributed by atoms with Gasteiger partial charge in [0, 0.05) is 12.8 Å². The molecule has 0 spiro atoms. The van der Waals surface area contributed by atoms with Crippen molar-refractivity contribution in [3.63, 3.8) is 0 Å². The highest BCUT2D eigenvalue weighted by molar-refractivity contribution is 6.37. The number of rotatable bonds is 0. The molecule has 0 saturated heterocycles. The van der Waals surface area contributed by atoms with Crippen molar-refractivity contribution < 1.29 is 22.8 Å². The van der Waals surface area contributed by atoms with Crippen molar-refractivity contribution in [2.45, 2.75) is 25.4 Å². The Bertz CT molecular complexity index is 219. The molecule has 1 atom stereocenters. The van der Waals surface area contributed by atoms with E-state index in [9.17, 15) is 22.8 Å². The Kier molecular flexibility index (Phi) is 2.21. The van der Waals surface area contributed by atoms with E-state index in [1.54, 1.807) is 0 Å². The molecule has 1 saturated carbocycles. The minimum Gasteiger partial charge on any atom is -0.291 e. The van der Waals surface area contributed by atoms with Crippen LogP contribution in [-0.4, -0.2) is 17.7 Å². The zero-order valence-electron chi connectivity index (χ0n) is 6.15. The summed E-state index contributed by atoms with van der Waals surface area (Å²) < 4.78 is 35.9. The zero-order chi connectivity index (χ0) is 9.35. The molecular weight excluding hydrogens is 173 g/mol. The fourth-order valence-electron chi connectivity index (χ4n) is 1.16. The minimum absolute atomic E-state index is 0.242. The molecule has 5 heteroatoms. The molecule has 1 aliphatic carbocycles. The maximum Gasteiger partial charge on any atom is 0.392 e. The van der Waals surface area contributed by atoms with Gasteiger partial charge in [-0.2, -0.15) is 13.2 Å². The average molecular weight is 180 g/mol. The molecule has 0 radical (unpaired) electrons. The van der Waals surface area contributed by atoms with E-state index in [4.69, 9.17) is 0 Å². The van der Waals surface area contributed by atoms with Gasteiger partial charge in [-0.1, -0.05) is 0 Å². The number of alkyl halides is 3. The van der Waals surface area contributed by atoms with E-state index < -0.39 is 30.1 Å². The Hall–Kier alpha value is -0.870. The highest BCUT2D eigenvalue weighted by atomic mass is 19.4. The fraction of sp³-hybridized carbons (Fsp3) is 0.714. The third kappa shape index (κ3) is 1.84. The monoisotopic (exact) mass is 180 g/mol. The quantitative estimate of drug-likeness (QED) is 0.529. The first-order chi connectivity index (χ1) is 5.41. The summed E-state index contributed by atoms with van der Waals surface area (Å²) >= 11 is 0. The van der Waals surface area contributed by atoms with Crippen molar-refractivity contribution in [2.24, 2.45) is 5.92 Å². The summed E-state index contributed by atoms with van der Waals surface area (Å²) in [5.74, 6) is -3.17. The SMILES string of the molecule is O=C1CCC(C(F)(F)F)CC1=O. The van der Waals surface area contributed by atoms with Crippen LogP contribution in [0.3, 0.4) is 0 Å². The molecule has 0 N–H and O–H groups in total. The van der Waals surface area contributed by atoms with Gasteiger partial charge in [0.2, 0.25) is 0 Å². The fourth-order valence-corrected chi connectivity index (χ4v) is 1.16. The normalized spacial score (nSPS) is 26.1. The summed E-state index contributed by atoms with van der Waals surface area (Å²) in [5, 5.41) is 0. The molecule has 0 amide bonds. The van der Waals surface area contributed by atoms with Crippen LogP contribution < -0.4 is 0 Å². The Morgan fingerprint density at radius 2 is 1.75 bits per heavy atom. The van der Waals surface area contributed by atoms with Gasteiger partial charge in [-0.25, -0.2) is 0 Å². The molecule has 0 aromatic heterocycles. The lowest BCUT2D eigenvalue weighted by Crippen LogP contribution is -2.33. The first kappa shape index (κ1) is 9.22. The molecule has 0 aromatic rings. The van der Waals surface area contributed by atoms with E-state index >= 15 is 0 Å². The second-order valence-corrected chi connectivity index (χ2v) is 2.83. The third-order valence-electron chi connectivity index (χ3n) is 1.93. The largest absolute Gasteiger partial charge is 0.392 e. The first-order valence-electron chi connectivity index (χ1n) is 3.54. The Labute approximate surface area is 66.7 Å². The summed E-state index contributed by atoms with van der Waals surface area (Å²) in [4.78, 5) is 21.2. The van der Waals surface area contributed by atoms with Crippen molar-refractivity contribution in [3.8, 4) is 0 Å². The lowest BCUT2D eigenvalue weighted by atomic mass is 9.87. The van der Waals surface area contributed by atoms with Crippen LogP contribution in [-0.2, 0) is 9.59 Å². The van der Waals surface area contributed by atoms with Gasteiger partial charge in [0.25, 0.3) is 0 Å². The van der Waals surface area contributed by atoms with E-state index in [1.165, 1.54) is 0 Å². The van der Waals surface area contributed by atoms with Crippen LogP contribution >= 0.6 is 0 Å². The second-order valence-electron chi connectivity index (χ2n) is 2.83. The molecule has 1 aliphatic rings. The smallest absolute Gasteiger partial charge is 0.291 e. The molecule has 0 heterocycles. The molecule has 1 rings (SSSR count). The maximum absolute atomic E-state index is 12.0. The number of halogens is 3. The zero-order valence-corrected chi connectivity index (χ0v) is 6.15. The molecule has 0 bridgehead atoms. The molecular formula is C7H7F3O2. The predicted molar refractivity (Wildman–Crippen MR) is 33.4 cm³/mol. The number of Topliss-reactive ketones (excluding diaryl/α,β-unsaturated/α-hetero) is 2. The molecule has 2 nitrogen and oxygen atoms in total. The van der Waals surface area contributed by atoms with Gasteiger partial charge in [0.15, 0.2) is 11.6 Å². The van der Waals surface area contributed by atoms with Gasteiger partial charge >= 0.3 is 6.18 Å². The van der Waals surface area contributed by atoms with Gasteiger partial charge in [-0.15, -0.1) is 0 Å². The van der Waals surface area contributed by atoms with Crippen LogP contribution in [0, 0.1) is 5.92 Å². The van der Waals surface area contributed by atoms with Crippen molar-refractivity contribution in [1.82, 2.24) is 0 Å². The topological polar surface area (TPSA) is 34.1 Å². The minimum atomic E-state index is -4.34. The summed E-state index contributed by atoms with van der Waals surface area (Å²) in [6.07, 6.45) is -5.50. The average Bonchev–Trinajstić information content (AvgIpc) is 1.92. The van der Waals surface area contributed by atoms with Gasteiger partial charge in [-0.05, 0) is 6.42 Å². The van der Waals surface area contributed by atoms with E-state index in [-0.39, 0.29) is 12.8 Å². The van der Waals surface area contributed by atoms with Gasteiger partial charge < -0.3 is 0 Å². The Morgan fingerprint density at radius 1 is 1.17 bits per heavy atom. The molecule has 68 valence electrons. The predicted octanol–water partition coefficient (Wildman–Crippen LogP) is 1.49. The lowest BCUT2D eigenvalue weighted by Gasteiger charge is -2.22. The molecule has 0 aromatic carbocycles. The third-order valence-corrected chi connectivity index (χ3v) is 1.93. The van der Waals surface area contributed by atoms with Gasteiger partial charge in [-0.3, -0.25) is 9.59 Å². The Morgan fingerprint density at radius 3 is 2.17 bits per heavy atom. The van der Waals surface area contributed by atoms with Crippen molar-refractivity contribution in [3.05, 3.63) is 0 Å². The van der Waals surface area contributed by atoms with Crippen molar-refractivity contribution in [2.75, 3.05) is 0 Å². The van der Waals surface area contributed by atoms with E-state index in [2.05, 4.69) is 0 Å². The summed E-state index contributed by atoms with van der Waals surface area (Å²) in [5.41, 5.74) is 0. The molecule has 12 heavy (non-hydrogen) atoms. The molecule has 1 fully saturated rings. The van der Waals surface area contributed by atoms with E-state index in [0.717, 1.165) is 0 Å². The van der Waals surface area contributed by atoms with Crippen LogP contribution in [0.25, 0.3) is 0 Å². The summed E-state index contributed by atoms with van der Waals surface area (Å²) in [6.45, 7) is 0. The number of hydrogen-bond donors (Lipinski definition) is 0. The first-order valence-corrected chi connectivity index (χ1v) is 3.54. The van der Waals surface area contributed by atoms with Gasteiger partial charge in [0.1, 0.15) is 0 Å². The highest BCUT2D eigenvalue weighted by Crippen LogP contribution is 2.35. The number of carbonyl (C=O) groups excluding carboxylic acids is 2. The van der Waals surface area contributed by atoms with E-state index in [0.29, 0.717) is 0 Å². The van der Waals surface area contributed by atoms with E-state index in [1.807, 2.05) is 0 Å². The van der Waals surface area contributed by atoms with Crippen LogP contribution in [0.5, 0.6) is 0 Å². The second kappa shape index (κ2) is 2.88. The van der Waals surface area contributed by atoms with Gasteiger partial charge in [0.05, 0.1) is 5.92 Å². The summed E-state index contributed by atoms with van der Waals surface area (Å²) in [6, 6.07) is 0. The number of carbonyl (C=O) groups is 2. The van der Waals surface area contributed by atoms with Crippen LogP contribution in [0.2, 0.25) is 0 Å².